The van der Waals surface area contributed by atoms with Crippen LogP contribution in [0.4, 0.5) is 5.69 Å². The number of hydrogen-bond donors (Lipinski definition) is 1. The van der Waals surface area contributed by atoms with Crippen molar-refractivity contribution in [1.82, 2.24) is 9.80 Å². The first kappa shape index (κ1) is 19.0. The molecule has 1 amide bonds. The number of carbonyl (C=O) groups excluding carboxylic acids is 1. The topological polar surface area (TPSA) is 44.8 Å². The van der Waals surface area contributed by atoms with E-state index in [-0.39, 0.29) is 11.9 Å². The van der Waals surface area contributed by atoms with E-state index in [0.717, 1.165) is 36.5 Å². The lowest BCUT2D eigenvalue weighted by Crippen LogP contribution is -2.39. The molecule has 0 aliphatic carbocycles. The van der Waals surface area contributed by atoms with Gasteiger partial charge in [-0.25, -0.2) is 0 Å². The zero-order valence-corrected chi connectivity index (χ0v) is 16.5. The Balaban J connectivity index is 1.51. The predicted octanol–water partition coefficient (Wildman–Crippen LogP) is 3.55. The molecule has 0 aromatic heterocycles. The van der Waals surface area contributed by atoms with E-state index in [9.17, 15) is 4.79 Å². The van der Waals surface area contributed by atoms with Gasteiger partial charge in [-0.3, -0.25) is 14.6 Å². The highest BCUT2D eigenvalue weighted by atomic mass is 16.5. The highest BCUT2D eigenvalue weighted by molar-refractivity contribution is 5.95. The van der Waals surface area contributed by atoms with Gasteiger partial charge in [-0.05, 0) is 62.2 Å². The minimum atomic E-state index is -0.268. The van der Waals surface area contributed by atoms with Gasteiger partial charge in [-0.1, -0.05) is 30.3 Å². The number of anilines is 1. The highest BCUT2D eigenvalue weighted by Crippen LogP contribution is 2.30. The molecule has 2 heterocycles. The molecule has 2 aromatic rings. The Morgan fingerprint density at radius 1 is 1.04 bits per heavy atom. The lowest BCUT2D eigenvalue weighted by molar-refractivity contribution is -0.121. The molecule has 2 aliphatic heterocycles. The lowest BCUT2D eigenvalue weighted by Gasteiger charge is -2.29. The molecule has 0 spiro atoms. The molecule has 2 atom stereocenters. The van der Waals surface area contributed by atoms with Crippen LogP contribution in [0.25, 0.3) is 0 Å². The second-order valence-electron chi connectivity index (χ2n) is 7.71. The summed E-state index contributed by atoms with van der Waals surface area (Å²) in [5, 5.41) is 3.10. The molecular weight excluding hydrogens is 350 g/mol. The Hall–Kier alpha value is -2.37. The summed E-state index contributed by atoms with van der Waals surface area (Å²) in [6.07, 6.45) is 3.74. The van der Waals surface area contributed by atoms with Crippen LogP contribution in [0.2, 0.25) is 0 Å². The van der Waals surface area contributed by atoms with Crippen molar-refractivity contribution in [2.24, 2.45) is 0 Å². The molecule has 148 valence electrons. The third-order valence-electron chi connectivity index (χ3n) is 5.94. The van der Waals surface area contributed by atoms with Crippen molar-refractivity contribution in [3.8, 4) is 5.75 Å². The first-order valence-electron chi connectivity index (χ1n) is 10.2. The SMILES string of the molecule is COc1ccc(NC(=O)C(c2ccccc2)N2CCC(N3CCCC3)C2)cc1. The summed E-state index contributed by atoms with van der Waals surface area (Å²) in [7, 11) is 1.64. The number of nitrogens with one attached hydrogen (secondary N) is 1. The molecule has 2 saturated heterocycles. The number of hydrogen-bond acceptors (Lipinski definition) is 4. The number of ether oxygens (including phenoxy) is 1. The molecule has 0 radical (unpaired) electrons. The monoisotopic (exact) mass is 379 g/mol. The second-order valence-corrected chi connectivity index (χ2v) is 7.71. The summed E-state index contributed by atoms with van der Waals surface area (Å²) in [5.74, 6) is 0.809. The van der Waals surface area contributed by atoms with Gasteiger partial charge < -0.3 is 10.1 Å². The van der Waals surface area contributed by atoms with Crippen molar-refractivity contribution in [1.29, 1.82) is 0 Å². The fourth-order valence-electron chi connectivity index (χ4n) is 4.46. The number of benzene rings is 2. The number of carbonyl (C=O) groups is 1. The van der Waals surface area contributed by atoms with E-state index in [0.29, 0.717) is 6.04 Å². The van der Waals surface area contributed by atoms with E-state index in [2.05, 4.69) is 27.2 Å². The highest BCUT2D eigenvalue weighted by Gasteiger charge is 2.36. The summed E-state index contributed by atoms with van der Waals surface area (Å²) >= 11 is 0. The Kier molecular flexibility index (Phi) is 5.93. The van der Waals surface area contributed by atoms with Crippen molar-refractivity contribution < 1.29 is 9.53 Å². The van der Waals surface area contributed by atoms with Crippen LogP contribution in [0.3, 0.4) is 0 Å². The zero-order chi connectivity index (χ0) is 19.3. The van der Waals surface area contributed by atoms with Crippen molar-refractivity contribution in [3.63, 3.8) is 0 Å². The van der Waals surface area contributed by atoms with E-state index in [1.807, 2.05) is 42.5 Å². The third kappa shape index (κ3) is 4.21. The maximum Gasteiger partial charge on any atom is 0.246 e. The summed E-state index contributed by atoms with van der Waals surface area (Å²) < 4.78 is 5.21. The van der Waals surface area contributed by atoms with Gasteiger partial charge >= 0.3 is 0 Å². The molecule has 4 rings (SSSR count). The van der Waals surface area contributed by atoms with Gasteiger partial charge in [0.2, 0.25) is 5.91 Å². The smallest absolute Gasteiger partial charge is 0.246 e. The molecular formula is C23H29N3O2. The van der Waals surface area contributed by atoms with Crippen LogP contribution in [0, 0.1) is 0 Å². The van der Waals surface area contributed by atoms with E-state index in [4.69, 9.17) is 4.74 Å². The largest absolute Gasteiger partial charge is 0.497 e. The molecule has 2 fully saturated rings. The average Bonchev–Trinajstić information content (AvgIpc) is 3.42. The molecule has 2 unspecified atom stereocenters. The van der Waals surface area contributed by atoms with Gasteiger partial charge in [0.1, 0.15) is 11.8 Å². The van der Waals surface area contributed by atoms with Gasteiger partial charge in [-0.15, -0.1) is 0 Å². The summed E-state index contributed by atoms with van der Waals surface area (Å²) in [6.45, 7) is 4.31. The molecule has 2 aliphatic rings. The first-order chi connectivity index (χ1) is 13.7. The molecule has 28 heavy (non-hydrogen) atoms. The second kappa shape index (κ2) is 8.76. The third-order valence-corrected chi connectivity index (χ3v) is 5.94. The Bertz CT molecular complexity index is 772. The fraction of sp³-hybridized carbons (Fsp3) is 0.435. The van der Waals surface area contributed by atoms with E-state index in [1.165, 1.54) is 25.9 Å². The average molecular weight is 380 g/mol. The summed E-state index contributed by atoms with van der Waals surface area (Å²) in [5.41, 5.74) is 1.85. The van der Waals surface area contributed by atoms with Crippen molar-refractivity contribution in [2.75, 3.05) is 38.6 Å². The quantitative estimate of drug-likeness (QED) is 0.834. The molecule has 0 saturated carbocycles. The summed E-state index contributed by atoms with van der Waals surface area (Å²) in [4.78, 5) is 18.2. The molecule has 1 N–H and O–H groups in total. The number of likely N-dealkylation sites (tertiary alicyclic amines) is 2. The maximum absolute atomic E-state index is 13.3. The fourth-order valence-corrected chi connectivity index (χ4v) is 4.46. The van der Waals surface area contributed by atoms with Gasteiger partial charge in [-0.2, -0.15) is 0 Å². The maximum atomic E-state index is 13.3. The number of rotatable bonds is 6. The molecule has 2 aromatic carbocycles. The minimum absolute atomic E-state index is 0.0263. The van der Waals surface area contributed by atoms with Crippen LogP contribution in [-0.2, 0) is 4.79 Å². The number of methoxy groups -OCH3 is 1. The molecule has 5 nitrogen and oxygen atoms in total. The Morgan fingerprint density at radius 3 is 2.43 bits per heavy atom. The Morgan fingerprint density at radius 2 is 1.75 bits per heavy atom. The van der Waals surface area contributed by atoms with E-state index in [1.54, 1.807) is 7.11 Å². The van der Waals surface area contributed by atoms with Gasteiger partial charge in [0.05, 0.1) is 7.11 Å². The molecule has 0 bridgehead atoms. The normalized spacial score (nSPS) is 21.5. The zero-order valence-electron chi connectivity index (χ0n) is 16.5. The van der Waals surface area contributed by atoms with Crippen LogP contribution >= 0.6 is 0 Å². The summed E-state index contributed by atoms with van der Waals surface area (Å²) in [6, 6.07) is 17.9. The molecule has 5 heteroatoms. The first-order valence-corrected chi connectivity index (χ1v) is 10.2. The van der Waals surface area contributed by atoms with Crippen LogP contribution in [0.1, 0.15) is 30.9 Å². The van der Waals surface area contributed by atoms with Crippen molar-refractivity contribution in [3.05, 3.63) is 60.2 Å². The van der Waals surface area contributed by atoms with Crippen molar-refractivity contribution in [2.45, 2.75) is 31.3 Å². The van der Waals surface area contributed by atoms with E-state index >= 15 is 0 Å². The van der Waals surface area contributed by atoms with Crippen LogP contribution < -0.4 is 10.1 Å². The lowest BCUT2D eigenvalue weighted by atomic mass is 10.0. The number of amides is 1. The van der Waals surface area contributed by atoms with Gasteiger partial charge in [0.25, 0.3) is 0 Å². The van der Waals surface area contributed by atoms with E-state index < -0.39 is 0 Å². The van der Waals surface area contributed by atoms with Crippen LogP contribution in [-0.4, -0.2) is 55.0 Å². The van der Waals surface area contributed by atoms with Crippen LogP contribution in [0.5, 0.6) is 5.75 Å². The van der Waals surface area contributed by atoms with Gasteiger partial charge in [0, 0.05) is 24.8 Å². The van der Waals surface area contributed by atoms with Crippen molar-refractivity contribution >= 4 is 11.6 Å². The number of nitrogens with zero attached hydrogens (tertiary/aromatic N) is 2. The standard InChI is InChI=1S/C23H29N3O2/c1-28-21-11-9-19(10-12-21)24-23(27)22(18-7-3-2-4-8-18)26-16-13-20(17-26)25-14-5-6-15-25/h2-4,7-12,20,22H,5-6,13-17H2,1H3,(H,24,27). The van der Waals surface area contributed by atoms with Crippen LogP contribution in [0.15, 0.2) is 54.6 Å². The predicted molar refractivity (Wildman–Crippen MR) is 112 cm³/mol. The Labute approximate surface area is 167 Å². The minimum Gasteiger partial charge on any atom is -0.497 e. The van der Waals surface area contributed by atoms with Gasteiger partial charge in [0.15, 0.2) is 0 Å².